The van der Waals surface area contributed by atoms with Gasteiger partial charge in [-0.15, -0.1) is 0 Å². The van der Waals surface area contributed by atoms with E-state index in [0.717, 1.165) is 22.0 Å². The molecule has 4 aromatic rings. The number of aromatic nitrogens is 2. The monoisotopic (exact) mass is 415 g/mol. The number of ether oxygens (including phenoxy) is 1. The van der Waals surface area contributed by atoms with Gasteiger partial charge in [-0.2, -0.15) is 0 Å². The number of halogens is 1. The molecule has 0 aliphatic heterocycles. The zero-order valence-electron chi connectivity index (χ0n) is 14.6. The topological polar surface area (TPSA) is 81.2 Å². The van der Waals surface area contributed by atoms with E-state index >= 15 is 0 Å². The van der Waals surface area contributed by atoms with Gasteiger partial charge in [0.05, 0.1) is 7.11 Å². The van der Waals surface area contributed by atoms with Crippen molar-refractivity contribution in [2.24, 2.45) is 0 Å². The van der Waals surface area contributed by atoms with E-state index in [9.17, 15) is 12.8 Å². The minimum absolute atomic E-state index is 0.239. The molecule has 2 heterocycles. The zero-order valence-corrected chi connectivity index (χ0v) is 16.2. The van der Waals surface area contributed by atoms with Gasteiger partial charge in [0, 0.05) is 23.5 Å². The third kappa shape index (κ3) is 3.54. The predicted octanol–water partition coefficient (Wildman–Crippen LogP) is 4.31. The van der Waals surface area contributed by atoms with E-state index in [1.54, 1.807) is 30.5 Å². The van der Waals surface area contributed by atoms with Crippen molar-refractivity contribution in [1.29, 1.82) is 0 Å². The molecule has 0 amide bonds. The second kappa shape index (κ2) is 7.17. The van der Waals surface area contributed by atoms with Crippen LogP contribution in [0.4, 0.5) is 10.1 Å². The van der Waals surface area contributed by atoms with Gasteiger partial charge in [0.1, 0.15) is 31.8 Å². The quantitative estimate of drug-likeness (QED) is 0.525. The van der Waals surface area contributed by atoms with Gasteiger partial charge in [0.2, 0.25) is 0 Å². The van der Waals surface area contributed by atoms with Crippen LogP contribution in [0.5, 0.6) is 5.75 Å². The summed E-state index contributed by atoms with van der Waals surface area (Å²) in [5.41, 5.74) is 1.81. The Kier molecular flexibility index (Phi) is 4.70. The van der Waals surface area contributed by atoms with Crippen molar-refractivity contribution in [3.63, 3.8) is 0 Å². The van der Waals surface area contributed by atoms with Gasteiger partial charge < -0.3 is 4.74 Å². The molecule has 0 fully saturated rings. The first kappa shape index (κ1) is 18.3. The van der Waals surface area contributed by atoms with Crippen molar-refractivity contribution in [2.75, 3.05) is 11.8 Å². The number of anilines is 1. The summed E-state index contributed by atoms with van der Waals surface area (Å²) in [4.78, 5) is 9.12. The number of fused-ring (bicyclic) bond motifs is 1. The van der Waals surface area contributed by atoms with Crippen molar-refractivity contribution in [1.82, 2.24) is 9.97 Å². The first-order valence-corrected chi connectivity index (χ1v) is 10.4. The largest absolute Gasteiger partial charge is 0.497 e. The second-order valence-electron chi connectivity index (χ2n) is 5.83. The summed E-state index contributed by atoms with van der Waals surface area (Å²) in [5, 5.41) is 0.713. The highest BCUT2D eigenvalue weighted by Crippen LogP contribution is 2.31. The van der Waals surface area contributed by atoms with E-state index in [1.165, 1.54) is 30.6 Å². The number of sulfonamides is 1. The maximum atomic E-state index is 14.2. The molecule has 0 bridgehead atoms. The number of nitrogens with one attached hydrogen (secondary N) is 1. The Balaban J connectivity index is 1.66. The number of hydrogen-bond acceptors (Lipinski definition) is 6. The molecule has 28 heavy (non-hydrogen) atoms. The molecule has 0 unspecified atom stereocenters. The Hall–Kier alpha value is -3.04. The molecule has 4 rings (SSSR count). The number of methoxy groups -OCH3 is 1. The first-order valence-electron chi connectivity index (χ1n) is 8.14. The summed E-state index contributed by atoms with van der Waals surface area (Å²) in [7, 11) is -2.72. The molecule has 0 saturated heterocycles. The molecule has 2 aromatic heterocycles. The predicted molar refractivity (Wildman–Crippen MR) is 107 cm³/mol. The van der Waals surface area contributed by atoms with Gasteiger partial charge >= 0.3 is 0 Å². The van der Waals surface area contributed by atoms with E-state index in [4.69, 9.17) is 4.74 Å². The lowest BCUT2D eigenvalue weighted by Gasteiger charge is -2.10. The van der Waals surface area contributed by atoms with Crippen LogP contribution in [-0.2, 0) is 10.0 Å². The molecule has 142 valence electrons. The van der Waals surface area contributed by atoms with E-state index in [0.29, 0.717) is 10.7 Å². The maximum Gasteiger partial charge on any atom is 0.264 e. The average Bonchev–Trinajstić information content (AvgIpc) is 3.12. The van der Waals surface area contributed by atoms with Crippen molar-refractivity contribution in [2.45, 2.75) is 4.90 Å². The average molecular weight is 415 g/mol. The van der Waals surface area contributed by atoms with Crippen molar-refractivity contribution >= 4 is 37.4 Å². The Bertz CT molecular complexity index is 1240. The van der Waals surface area contributed by atoms with Gasteiger partial charge in [0.15, 0.2) is 0 Å². The van der Waals surface area contributed by atoms with Crippen molar-refractivity contribution in [3.05, 3.63) is 66.6 Å². The van der Waals surface area contributed by atoms with Gasteiger partial charge in [-0.05, 0) is 36.4 Å². The fraction of sp³-hybridized carbons (Fsp3) is 0.0526. The number of hydrogen-bond donors (Lipinski definition) is 1. The van der Waals surface area contributed by atoms with Crippen LogP contribution in [0, 0.1) is 5.82 Å². The van der Waals surface area contributed by atoms with Crippen LogP contribution in [-0.4, -0.2) is 25.5 Å². The van der Waals surface area contributed by atoms with Crippen LogP contribution in [0.25, 0.3) is 20.9 Å². The molecular weight excluding hydrogens is 401 g/mol. The molecule has 0 radical (unpaired) electrons. The fourth-order valence-corrected chi connectivity index (χ4v) is 4.66. The van der Waals surface area contributed by atoms with Crippen LogP contribution in [0.1, 0.15) is 0 Å². The molecule has 0 spiro atoms. The molecule has 6 nitrogen and oxygen atoms in total. The standard InChI is InChI=1S/C19H14FN3O3S2/c1-26-14-7-8-17(15(20)11-14)28(24,25)23-13-5-2-4-12(10-13)18-22-16-6-3-9-21-19(16)27-18/h2-11,23H,1H3. The molecule has 1 N–H and O–H groups in total. The normalized spacial score (nSPS) is 11.5. The third-order valence-electron chi connectivity index (χ3n) is 3.96. The van der Waals surface area contributed by atoms with E-state index < -0.39 is 20.7 Å². The number of thiazole rings is 1. The highest BCUT2D eigenvalue weighted by Gasteiger charge is 2.20. The Morgan fingerprint density at radius 1 is 1.11 bits per heavy atom. The molecular formula is C19H14FN3O3S2. The van der Waals surface area contributed by atoms with Crippen LogP contribution >= 0.6 is 11.3 Å². The molecule has 0 atom stereocenters. The molecule has 2 aromatic carbocycles. The van der Waals surface area contributed by atoms with Gasteiger partial charge in [0.25, 0.3) is 10.0 Å². The summed E-state index contributed by atoms with van der Waals surface area (Å²) >= 11 is 1.41. The Labute approximate surface area is 164 Å². The second-order valence-corrected chi connectivity index (χ2v) is 8.46. The fourth-order valence-electron chi connectivity index (χ4n) is 2.65. The molecule has 9 heteroatoms. The van der Waals surface area contributed by atoms with Gasteiger partial charge in [-0.1, -0.05) is 23.5 Å². The van der Waals surface area contributed by atoms with Crippen LogP contribution in [0.2, 0.25) is 0 Å². The Morgan fingerprint density at radius 2 is 1.96 bits per heavy atom. The highest BCUT2D eigenvalue weighted by molar-refractivity contribution is 7.92. The highest BCUT2D eigenvalue weighted by atomic mass is 32.2. The van der Waals surface area contributed by atoms with Crippen molar-refractivity contribution in [3.8, 4) is 16.3 Å². The first-order chi connectivity index (χ1) is 13.5. The van der Waals surface area contributed by atoms with Crippen LogP contribution in [0.15, 0.2) is 65.7 Å². The van der Waals surface area contributed by atoms with E-state index in [1.807, 2.05) is 12.1 Å². The summed E-state index contributed by atoms with van der Waals surface area (Å²) in [5.74, 6) is -0.650. The summed E-state index contributed by atoms with van der Waals surface area (Å²) < 4.78 is 46.7. The maximum absolute atomic E-state index is 14.2. The molecule has 0 aliphatic carbocycles. The summed E-state index contributed by atoms with van der Waals surface area (Å²) in [6.07, 6.45) is 1.69. The minimum atomic E-state index is -4.10. The minimum Gasteiger partial charge on any atom is -0.497 e. The molecule has 0 saturated carbocycles. The number of benzene rings is 2. The zero-order chi connectivity index (χ0) is 19.7. The lowest BCUT2D eigenvalue weighted by atomic mass is 10.2. The Morgan fingerprint density at radius 3 is 2.71 bits per heavy atom. The van der Waals surface area contributed by atoms with Crippen LogP contribution in [0.3, 0.4) is 0 Å². The lowest BCUT2D eigenvalue weighted by Crippen LogP contribution is -2.14. The van der Waals surface area contributed by atoms with E-state index in [2.05, 4.69) is 14.7 Å². The SMILES string of the molecule is COc1ccc(S(=O)(=O)Nc2cccc(-c3nc4cccnc4s3)c2)c(F)c1. The van der Waals surface area contributed by atoms with Crippen LogP contribution < -0.4 is 9.46 Å². The summed E-state index contributed by atoms with van der Waals surface area (Å²) in [6, 6.07) is 14.0. The molecule has 0 aliphatic rings. The lowest BCUT2D eigenvalue weighted by molar-refractivity contribution is 0.410. The summed E-state index contributed by atoms with van der Waals surface area (Å²) in [6.45, 7) is 0. The third-order valence-corrected chi connectivity index (χ3v) is 6.40. The smallest absolute Gasteiger partial charge is 0.264 e. The number of rotatable bonds is 5. The van der Waals surface area contributed by atoms with Gasteiger partial charge in [-0.3, -0.25) is 4.72 Å². The van der Waals surface area contributed by atoms with E-state index in [-0.39, 0.29) is 5.75 Å². The van der Waals surface area contributed by atoms with Gasteiger partial charge in [-0.25, -0.2) is 22.8 Å². The number of pyridine rings is 1. The number of nitrogens with zero attached hydrogens (tertiary/aromatic N) is 2. The van der Waals surface area contributed by atoms with Crippen molar-refractivity contribution < 1.29 is 17.5 Å².